The number of carbonyl (C=O) groups excluding carboxylic acids is 1. The van der Waals surface area contributed by atoms with Gasteiger partial charge < -0.3 is 15.4 Å². The van der Waals surface area contributed by atoms with E-state index in [1.165, 1.54) is 0 Å². The first-order chi connectivity index (χ1) is 15.0. The maximum Gasteiger partial charge on any atom is 0.225 e. The molecule has 5 heterocycles. The Bertz CT molecular complexity index is 1100. The number of nitrogens with zero attached hydrogens (tertiary/aromatic N) is 5. The Labute approximate surface area is 181 Å². The number of hydrogen-bond donors (Lipinski definition) is 2. The van der Waals surface area contributed by atoms with Crippen LogP contribution in [0.15, 0.2) is 24.7 Å². The zero-order valence-corrected chi connectivity index (χ0v) is 18.2. The predicted octanol–water partition coefficient (Wildman–Crippen LogP) is 2.05. The first-order valence-corrected chi connectivity index (χ1v) is 11.0. The molecular formula is C22H29N7O2. The van der Waals surface area contributed by atoms with Gasteiger partial charge in [-0.25, -0.2) is 4.98 Å². The molecular weight excluding hydrogens is 394 g/mol. The predicted molar refractivity (Wildman–Crippen MR) is 117 cm³/mol. The SMILES string of the molecule is CC1CC(n2cc(-c3cc4nn(C)cc4c(O[C@H](C)[C@H]4CNC(=O)C4)n3)cn2)CCN1. The summed E-state index contributed by atoms with van der Waals surface area (Å²) in [6.07, 6.45) is 8.35. The van der Waals surface area contributed by atoms with Crippen LogP contribution in [-0.4, -0.2) is 55.7 Å². The Morgan fingerprint density at radius 3 is 2.97 bits per heavy atom. The van der Waals surface area contributed by atoms with Crippen molar-refractivity contribution in [2.24, 2.45) is 13.0 Å². The third-order valence-corrected chi connectivity index (χ3v) is 6.42. The molecule has 0 bridgehead atoms. The van der Waals surface area contributed by atoms with Crippen molar-refractivity contribution in [1.82, 2.24) is 35.2 Å². The van der Waals surface area contributed by atoms with Gasteiger partial charge in [0.1, 0.15) is 6.10 Å². The maximum absolute atomic E-state index is 11.6. The molecule has 9 heteroatoms. The lowest BCUT2D eigenvalue weighted by Crippen LogP contribution is -2.36. The number of aromatic nitrogens is 5. The summed E-state index contributed by atoms with van der Waals surface area (Å²) >= 11 is 0. The fourth-order valence-corrected chi connectivity index (χ4v) is 4.59. The molecule has 2 fully saturated rings. The van der Waals surface area contributed by atoms with E-state index in [9.17, 15) is 4.79 Å². The lowest BCUT2D eigenvalue weighted by atomic mass is 10.0. The van der Waals surface area contributed by atoms with Gasteiger partial charge in [0.15, 0.2) is 0 Å². The summed E-state index contributed by atoms with van der Waals surface area (Å²) in [5, 5.41) is 16.5. The second kappa shape index (κ2) is 7.96. The average molecular weight is 424 g/mol. The molecule has 0 aromatic carbocycles. The summed E-state index contributed by atoms with van der Waals surface area (Å²) in [7, 11) is 1.89. The lowest BCUT2D eigenvalue weighted by molar-refractivity contribution is -0.119. The number of rotatable bonds is 5. The molecule has 3 aromatic rings. The quantitative estimate of drug-likeness (QED) is 0.652. The van der Waals surface area contributed by atoms with Gasteiger partial charge in [-0.3, -0.25) is 14.2 Å². The number of pyridine rings is 1. The van der Waals surface area contributed by atoms with Crippen molar-refractivity contribution in [2.45, 2.75) is 51.3 Å². The van der Waals surface area contributed by atoms with Gasteiger partial charge in [-0.05, 0) is 39.3 Å². The highest BCUT2D eigenvalue weighted by Crippen LogP contribution is 2.31. The van der Waals surface area contributed by atoms with E-state index in [1.54, 1.807) is 4.68 Å². The van der Waals surface area contributed by atoms with Crippen molar-refractivity contribution < 1.29 is 9.53 Å². The number of nitrogens with one attached hydrogen (secondary N) is 2. The lowest BCUT2D eigenvalue weighted by Gasteiger charge is -2.28. The largest absolute Gasteiger partial charge is 0.474 e. The van der Waals surface area contributed by atoms with Gasteiger partial charge in [-0.2, -0.15) is 10.2 Å². The Morgan fingerprint density at radius 2 is 2.19 bits per heavy atom. The van der Waals surface area contributed by atoms with E-state index in [4.69, 9.17) is 9.72 Å². The Morgan fingerprint density at radius 1 is 1.32 bits per heavy atom. The van der Waals surface area contributed by atoms with Gasteiger partial charge in [0.05, 0.1) is 28.8 Å². The highest BCUT2D eigenvalue weighted by Gasteiger charge is 2.29. The van der Waals surface area contributed by atoms with E-state index < -0.39 is 0 Å². The minimum absolute atomic E-state index is 0.0772. The Hall–Kier alpha value is -2.94. The molecule has 0 aliphatic carbocycles. The summed E-state index contributed by atoms with van der Waals surface area (Å²) in [4.78, 5) is 16.5. The highest BCUT2D eigenvalue weighted by atomic mass is 16.5. The molecule has 1 amide bonds. The van der Waals surface area contributed by atoms with Crippen molar-refractivity contribution in [3.63, 3.8) is 0 Å². The van der Waals surface area contributed by atoms with Crippen LogP contribution in [0.3, 0.4) is 0 Å². The zero-order chi connectivity index (χ0) is 21.5. The minimum Gasteiger partial charge on any atom is -0.474 e. The van der Waals surface area contributed by atoms with Gasteiger partial charge in [-0.15, -0.1) is 0 Å². The molecule has 3 aromatic heterocycles. The number of ether oxygens (including phenoxy) is 1. The van der Waals surface area contributed by atoms with Crippen LogP contribution in [0, 0.1) is 5.92 Å². The summed E-state index contributed by atoms with van der Waals surface area (Å²) in [5.74, 6) is 0.762. The summed E-state index contributed by atoms with van der Waals surface area (Å²) in [5.41, 5.74) is 2.58. The van der Waals surface area contributed by atoms with Gasteiger partial charge in [0, 0.05) is 49.9 Å². The molecule has 2 unspecified atom stereocenters. The van der Waals surface area contributed by atoms with Crippen LogP contribution >= 0.6 is 0 Å². The Kier molecular flexibility index (Phi) is 5.13. The van der Waals surface area contributed by atoms with Crippen molar-refractivity contribution in [3.05, 3.63) is 24.7 Å². The van der Waals surface area contributed by atoms with E-state index in [0.29, 0.717) is 30.9 Å². The molecule has 31 heavy (non-hydrogen) atoms. The minimum atomic E-state index is -0.135. The third kappa shape index (κ3) is 4.01. The van der Waals surface area contributed by atoms with Crippen LogP contribution in [0.5, 0.6) is 5.88 Å². The van der Waals surface area contributed by atoms with E-state index in [2.05, 4.69) is 38.6 Å². The fourth-order valence-electron chi connectivity index (χ4n) is 4.59. The molecule has 164 valence electrons. The van der Waals surface area contributed by atoms with Crippen molar-refractivity contribution >= 4 is 16.8 Å². The number of piperidine rings is 1. The molecule has 2 aliphatic rings. The third-order valence-electron chi connectivity index (χ3n) is 6.42. The molecule has 2 aliphatic heterocycles. The highest BCUT2D eigenvalue weighted by molar-refractivity contribution is 5.86. The molecule has 0 spiro atoms. The number of amides is 1. The molecule has 2 saturated heterocycles. The van der Waals surface area contributed by atoms with E-state index in [0.717, 1.165) is 41.5 Å². The second-order valence-corrected chi connectivity index (χ2v) is 8.88. The smallest absolute Gasteiger partial charge is 0.225 e. The molecule has 9 nitrogen and oxygen atoms in total. The number of hydrogen-bond acceptors (Lipinski definition) is 6. The van der Waals surface area contributed by atoms with E-state index in [1.807, 2.05) is 32.4 Å². The molecule has 2 N–H and O–H groups in total. The number of carbonyl (C=O) groups is 1. The van der Waals surface area contributed by atoms with Crippen LogP contribution in [0.4, 0.5) is 0 Å². The van der Waals surface area contributed by atoms with Gasteiger partial charge in [0.25, 0.3) is 0 Å². The van der Waals surface area contributed by atoms with E-state index >= 15 is 0 Å². The summed E-state index contributed by atoms with van der Waals surface area (Å²) in [6.45, 7) is 5.86. The molecule has 4 atom stereocenters. The second-order valence-electron chi connectivity index (χ2n) is 8.88. The van der Waals surface area contributed by atoms with E-state index in [-0.39, 0.29) is 17.9 Å². The Balaban J connectivity index is 1.45. The first kappa shape index (κ1) is 20.0. The van der Waals surface area contributed by atoms with Gasteiger partial charge in [-0.1, -0.05) is 0 Å². The maximum atomic E-state index is 11.6. The van der Waals surface area contributed by atoms with Crippen molar-refractivity contribution in [2.75, 3.05) is 13.1 Å². The summed E-state index contributed by atoms with van der Waals surface area (Å²) in [6, 6.07) is 2.87. The van der Waals surface area contributed by atoms with Gasteiger partial charge >= 0.3 is 0 Å². The monoisotopic (exact) mass is 423 g/mol. The average Bonchev–Trinajstić information content (AvgIpc) is 3.46. The number of aryl methyl sites for hydroxylation is 1. The fraction of sp³-hybridized carbons (Fsp3) is 0.545. The summed E-state index contributed by atoms with van der Waals surface area (Å²) < 4.78 is 10.1. The standard InChI is InChI=1S/C22H29N7O2/c1-13-6-17(4-5-23-13)29-11-16(10-25-29)19-8-20-18(12-28(3)27-20)22(26-19)31-14(2)15-7-21(30)24-9-15/h8,10-15,17,23H,4-7,9H2,1-3H3,(H,24,30)/t13?,14-,15-,17?/m1/s1. The van der Waals surface area contributed by atoms with Crippen LogP contribution in [-0.2, 0) is 11.8 Å². The normalized spacial score (nSPS) is 25.0. The van der Waals surface area contributed by atoms with Crippen LogP contribution in [0.25, 0.3) is 22.2 Å². The molecule has 5 rings (SSSR count). The molecule has 0 saturated carbocycles. The van der Waals surface area contributed by atoms with Crippen molar-refractivity contribution in [1.29, 1.82) is 0 Å². The van der Waals surface area contributed by atoms with Crippen LogP contribution < -0.4 is 15.4 Å². The van der Waals surface area contributed by atoms with Gasteiger partial charge in [0.2, 0.25) is 11.8 Å². The van der Waals surface area contributed by atoms with Crippen molar-refractivity contribution in [3.8, 4) is 17.1 Å². The zero-order valence-electron chi connectivity index (χ0n) is 18.2. The first-order valence-electron chi connectivity index (χ1n) is 11.0. The van der Waals surface area contributed by atoms with Crippen LogP contribution in [0.1, 0.15) is 39.2 Å². The molecule has 0 radical (unpaired) electrons. The number of fused-ring (bicyclic) bond motifs is 1. The van der Waals surface area contributed by atoms with Crippen LogP contribution in [0.2, 0.25) is 0 Å². The topological polar surface area (TPSA) is 98.9 Å².